The highest BCUT2D eigenvalue weighted by molar-refractivity contribution is 6.23. The summed E-state index contributed by atoms with van der Waals surface area (Å²) in [6, 6.07) is 67.3. The molecule has 1 aliphatic carbocycles. The van der Waals surface area contributed by atoms with Crippen LogP contribution in [0.25, 0.3) is 65.7 Å². The molecule has 0 fully saturated rings. The topological polar surface area (TPSA) is 12.4 Å². The maximum absolute atomic E-state index is 5.24. The fourth-order valence-electron chi connectivity index (χ4n) is 9.53. The number of hydrogen-bond acceptors (Lipinski definition) is 1. The predicted octanol–water partition coefficient (Wildman–Crippen LogP) is 14.1. The van der Waals surface area contributed by atoms with Gasteiger partial charge in [-0.25, -0.2) is 0 Å². The molecule has 1 nitrogen and oxygen atoms in total. The van der Waals surface area contributed by atoms with E-state index in [-0.39, 0.29) is 11.3 Å². The van der Waals surface area contributed by atoms with E-state index in [4.69, 9.17) is 4.99 Å². The molecular weight excluding hydrogens is 651 g/mol. The lowest BCUT2D eigenvalue weighted by Gasteiger charge is -2.24. The quantitative estimate of drug-likeness (QED) is 0.163. The summed E-state index contributed by atoms with van der Waals surface area (Å²) in [4.78, 5) is 5.24. The van der Waals surface area contributed by atoms with E-state index in [1.54, 1.807) is 0 Å². The van der Waals surface area contributed by atoms with Crippen LogP contribution in [0.4, 0.5) is 5.69 Å². The molecule has 9 aromatic carbocycles. The molecule has 0 bridgehead atoms. The summed E-state index contributed by atoms with van der Waals surface area (Å²) < 4.78 is 0. The Morgan fingerprint density at radius 2 is 1.04 bits per heavy atom. The molecule has 0 N–H and O–H groups in total. The zero-order valence-electron chi connectivity index (χ0n) is 30.3. The van der Waals surface area contributed by atoms with Crippen molar-refractivity contribution in [2.75, 3.05) is 0 Å². The van der Waals surface area contributed by atoms with Crippen LogP contribution in [0, 0.1) is 0 Å². The summed E-state index contributed by atoms with van der Waals surface area (Å²) in [6.45, 7) is 4.76. The van der Waals surface area contributed by atoms with Crippen LogP contribution in [0.3, 0.4) is 0 Å². The van der Waals surface area contributed by atoms with Gasteiger partial charge in [0.25, 0.3) is 0 Å². The van der Waals surface area contributed by atoms with Gasteiger partial charge in [-0.1, -0.05) is 172 Å². The van der Waals surface area contributed by atoms with Gasteiger partial charge in [-0.3, -0.25) is 4.99 Å². The number of nitrogens with zero attached hydrogens (tertiary/aromatic N) is 1. The SMILES string of the molecule is CC1(C)c2ccccc2-c2cc3c(-c4ccc(C5=Nc6ccccc6C5c5ccccc5)cc4)c4ccccc4c(-c4ccc5ccccc5c4)c3cc21. The Bertz CT molecular complexity index is 3000. The molecule has 254 valence electrons. The van der Waals surface area contributed by atoms with Gasteiger partial charge < -0.3 is 0 Å². The fraction of sp³-hybridized carbons (Fsp3) is 0.0755. The first kappa shape index (κ1) is 31.0. The highest BCUT2D eigenvalue weighted by atomic mass is 14.8. The first-order valence-corrected chi connectivity index (χ1v) is 19.0. The lowest BCUT2D eigenvalue weighted by atomic mass is 9.79. The largest absolute Gasteiger partial charge is 0.252 e. The van der Waals surface area contributed by atoms with Gasteiger partial charge in [0.05, 0.1) is 17.3 Å². The monoisotopic (exact) mass is 687 g/mol. The van der Waals surface area contributed by atoms with E-state index in [0.29, 0.717) is 0 Å². The molecular formula is C53H37N. The average molecular weight is 688 g/mol. The van der Waals surface area contributed by atoms with Crippen LogP contribution in [-0.2, 0) is 5.41 Å². The molecule has 1 atom stereocenters. The van der Waals surface area contributed by atoms with Gasteiger partial charge in [-0.2, -0.15) is 0 Å². The lowest BCUT2D eigenvalue weighted by Crippen LogP contribution is -2.14. The molecule has 1 unspecified atom stereocenters. The Morgan fingerprint density at radius 1 is 0.426 bits per heavy atom. The maximum Gasteiger partial charge on any atom is 0.0675 e. The van der Waals surface area contributed by atoms with Gasteiger partial charge in [0.2, 0.25) is 0 Å². The number of para-hydroxylation sites is 1. The van der Waals surface area contributed by atoms with Gasteiger partial charge in [-0.05, 0) is 118 Å². The molecule has 0 spiro atoms. The van der Waals surface area contributed by atoms with E-state index in [2.05, 4.69) is 196 Å². The van der Waals surface area contributed by atoms with E-state index in [1.165, 1.54) is 88.0 Å². The smallest absolute Gasteiger partial charge is 0.0675 e. The summed E-state index contributed by atoms with van der Waals surface area (Å²) in [5.41, 5.74) is 16.2. The summed E-state index contributed by atoms with van der Waals surface area (Å²) in [5, 5.41) is 7.62. The third-order valence-corrected chi connectivity index (χ3v) is 12.1. The third-order valence-electron chi connectivity index (χ3n) is 12.1. The molecule has 0 saturated carbocycles. The number of benzene rings is 9. The molecule has 9 aromatic rings. The van der Waals surface area contributed by atoms with Crippen molar-refractivity contribution < 1.29 is 0 Å². The highest BCUT2D eigenvalue weighted by Gasteiger charge is 2.36. The summed E-state index contributed by atoms with van der Waals surface area (Å²) in [6.07, 6.45) is 0. The van der Waals surface area contributed by atoms with Crippen LogP contribution < -0.4 is 0 Å². The zero-order chi connectivity index (χ0) is 36.0. The third kappa shape index (κ3) is 4.55. The van der Waals surface area contributed by atoms with Crippen LogP contribution in [0.2, 0.25) is 0 Å². The fourth-order valence-corrected chi connectivity index (χ4v) is 9.53. The molecule has 1 aliphatic heterocycles. The standard InChI is InChI=1S/C53H37N/c1-53(2)46-22-12-10-18-39(46)43-31-44-45(32-47(43)53)50(38-29-24-33-14-6-7-17-37(33)30-38)41-20-9-8-19-40(41)49(44)35-25-27-36(28-26-35)52-51(34-15-4-3-5-16-34)42-21-11-13-23-48(42)54-52/h3-32,51H,1-2H3. The second-order valence-electron chi connectivity index (χ2n) is 15.4. The predicted molar refractivity (Wildman–Crippen MR) is 228 cm³/mol. The first-order valence-electron chi connectivity index (χ1n) is 19.0. The summed E-state index contributed by atoms with van der Waals surface area (Å²) in [5.74, 6) is 0.0992. The number of rotatable bonds is 4. The van der Waals surface area contributed by atoms with E-state index < -0.39 is 0 Å². The van der Waals surface area contributed by atoms with E-state index in [0.717, 1.165) is 17.0 Å². The highest BCUT2D eigenvalue weighted by Crippen LogP contribution is 2.53. The Hall–Kier alpha value is -6.57. The minimum absolute atomic E-state index is 0.0992. The van der Waals surface area contributed by atoms with Crippen LogP contribution >= 0.6 is 0 Å². The molecule has 1 heteroatoms. The second-order valence-corrected chi connectivity index (χ2v) is 15.4. The van der Waals surface area contributed by atoms with Crippen molar-refractivity contribution in [3.05, 3.63) is 210 Å². The van der Waals surface area contributed by atoms with Crippen molar-refractivity contribution in [1.82, 2.24) is 0 Å². The Kier molecular flexibility index (Phi) is 6.73. The molecule has 1 heterocycles. The second kappa shape index (κ2) is 11.7. The molecule has 11 rings (SSSR count). The van der Waals surface area contributed by atoms with Gasteiger partial charge in [0.15, 0.2) is 0 Å². The molecule has 0 amide bonds. The van der Waals surface area contributed by atoms with Crippen LogP contribution in [0.5, 0.6) is 0 Å². The van der Waals surface area contributed by atoms with Crippen molar-refractivity contribution in [2.24, 2.45) is 4.99 Å². The number of hydrogen-bond donors (Lipinski definition) is 0. The summed E-state index contributed by atoms with van der Waals surface area (Å²) in [7, 11) is 0. The van der Waals surface area contributed by atoms with Crippen molar-refractivity contribution >= 4 is 43.7 Å². The van der Waals surface area contributed by atoms with Gasteiger partial charge >= 0.3 is 0 Å². The Labute approximate surface area is 315 Å². The Morgan fingerprint density at radius 3 is 1.85 bits per heavy atom. The minimum atomic E-state index is -0.108. The number of fused-ring (bicyclic) bond motifs is 7. The molecule has 54 heavy (non-hydrogen) atoms. The van der Waals surface area contributed by atoms with E-state index in [9.17, 15) is 0 Å². The molecule has 0 aromatic heterocycles. The maximum atomic E-state index is 5.24. The van der Waals surface area contributed by atoms with Crippen molar-refractivity contribution in [2.45, 2.75) is 25.2 Å². The Balaban J connectivity index is 1.16. The molecule has 0 saturated heterocycles. The lowest BCUT2D eigenvalue weighted by molar-refractivity contribution is 0.661. The van der Waals surface area contributed by atoms with Gasteiger partial charge in [-0.15, -0.1) is 0 Å². The zero-order valence-corrected chi connectivity index (χ0v) is 30.3. The van der Waals surface area contributed by atoms with Crippen molar-refractivity contribution in [1.29, 1.82) is 0 Å². The minimum Gasteiger partial charge on any atom is -0.252 e. The van der Waals surface area contributed by atoms with Crippen LogP contribution in [0.1, 0.15) is 47.6 Å². The van der Waals surface area contributed by atoms with Crippen LogP contribution in [0.15, 0.2) is 187 Å². The first-order chi connectivity index (χ1) is 26.5. The van der Waals surface area contributed by atoms with Gasteiger partial charge in [0.1, 0.15) is 0 Å². The van der Waals surface area contributed by atoms with E-state index >= 15 is 0 Å². The van der Waals surface area contributed by atoms with Crippen molar-refractivity contribution in [3.8, 4) is 33.4 Å². The normalized spacial score (nSPS) is 15.3. The van der Waals surface area contributed by atoms with Gasteiger partial charge in [0, 0.05) is 5.41 Å². The van der Waals surface area contributed by atoms with E-state index in [1.807, 2.05) is 0 Å². The molecule has 2 aliphatic rings. The molecule has 0 radical (unpaired) electrons. The number of aliphatic imine (C=N–C) groups is 1. The average Bonchev–Trinajstić information content (AvgIpc) is 3.72. The summed E-state index contributed by atoms with van der Waals surface area (Å²) >= 11 is 0. The van der Waals surface area contributed by atoms with Crippen molar-refractivity contribution in [3.63, 3.8) is 0 Å². The van der Waals surface area contributed by atoms with Crippen LogP contribution in [-0.4, -0.2) is 5.71 Å².